The van der Waals surface area contributed by atoms with Crippen molar-refractivity contribution >= 4 is 11.6 Å². The number of hydrogen-bond acceptors (Lipinski definition) is 2. The van der Waals surface area contributed by atoms with Crippen molar-refractivity contribution < 1.29 is 13.6 Å². The van der Waals surface area contributed by atoms with Crippen LogP contribution in [0.3, 0.4) is 0 Å². The van der Waals surface area contributed by atoms with E-state index in [9.17, 15) is 13.6 Å². The van der Waals surface area contributed by atoms with Crippen LogP contribution in [0.15, 0.2) is 30.3 Å². The van der Waals surface area contributed by atoms with Gasteiger partial charge in [0.05, 0.1) is 17.2 Å². The molecular weight excluding hydrogens is 274 g/mol. The highest BCUT2D eigenvalue weighted by atomic mass is 19.1. The Morgan fingerprint density at radius 1 is 1.14 bits per heavy atom. The number of rotatable bonds is 2. The molecule has 0 aliphatic rings. The van der Waals surface area contributed by atoms with Crippen LogP contribution in [-0.2, 0) is 0 Å². The highest BCUT2D eigenvalue weighted by Gasteiger charge is 2.15. The Morgan fingerprint density at radius 2 is 1.86 bits per heavy atom. The van der Waals surface area contributed by atoms with Crippen molar-refractivity contribution in [3.8, 4) is 6.07 Å². The lowest BCUT2D eigenvalue weighted by molar-refractivity contribution is 0.102. The molecule has 21 heavy (non-hydrogen) atoms. The Labute approximate surface area is 120 Å². The van der Waals surface area contributed by atoms with E-state index in [0.717, 1.165) is 6.07 Å². The Bertz CT molecular complexity index is 764. The van der Waals surface area contributed by atoms with E-state index < -0.39 is 17.5 Å². The van der Waals surface area contributed by atoms with E-state index in [-0.39, 0.29) is 22.4 Å². The Kier molecular flexibility index (Phi) is 3.99. The van der Waals surface area contributed by atoms with Crippen LogP contribution in [0.25, 0.3) is 0 Å². The number of benzene rings is 2. The first-order chi connectivity index (χ1) is 9.92. The van der Waals surface area contributed by atoms with E-state index in [2.05, 4.69) is 5.32 Å². The van der Waals surface area contributed by atoms with Crippen LogP contribution in [0.4, 0.5) is 14.5 Å². The SMILES string of the molecule is Cc1ccc(C(=O)Nc2cc(C#N)cc(F)c2C)c(F)c1. The zero-order valence-corrected chi connectivity index (χ0v) is 11.5. The molecule has 0 aliphatic heterocycles. The smallest absolute Gasteiger partial charge is 0.258 e. The number of hydrogen-bond donors (Lipinski definition) is 1. The summed E-state index contributed by atoms with van der Waals surface area (Å²) in [6.45, 7) is 3.18. The molecular formula is C16H12F2N2O. The van der Waals surface area contributed by atoms with Gasteiger partial charge in [0.15, 0.2) is 0 Å². The number of carbonyl (C=O) groups is 1. The maximum atomic E-state index is 13.7. The van der Waals surface area contributed by atoms with Crippen LogP contribution in [0.5, 0.6) is 0 Å². The molecule has 2 aromatic rings. The minimum atomic E-state index is -0.690. The Hall–Kier alpha value is -2.74. The molecule has 0 spiro atoms. The molecule has 3 nitrogen and oxygen atoms in total. The molecule has 0 saturated carbocycles. The number of halogens is 2. The third-order valence-corrected chi connectivity index (χ3v) is 3.09. The maximum absolute atomic E-state index is 13.7. The molecule has 0 aromatic heterocycles. The van der Waals surface area contributed by atoms with Crippen LogP contribution in [0.1, 0.15) is 27.0 Å². The fraction of sp³-hybridized carbons (Fsp3) is 0.125. The van der Waals surface area contributed by atoms with Crippen molar-refractivity contribution in [2.45, 2.75) is 13.8 Å². The second-order valence-corrected chi connectivity index (χ2v) is 4.68. The van der Waals surface area contributed by atoms with Crippen molar-refractivity contribution in [2.75, 3.05) is 5.32 Å². The van der Waals surface area contributed by atoms with Gasteiger partial charge in [-0.3, -0.25) is 4.79 Å². The monoisotopic (exact) mass is 286 g/mol. The van der Waals surface area contributed by atoms with Gasteiger partial charge in [-0.1, -0.05) is 6.07 Å². The average Bonchev–Trinajstić information content (AvgIpc) is 2.43. The molecule has 0 radical (unpaired) electrons. The summed E-state index contributed by atoms with van der Waals surface area (Å²) in [4.78, 5) is 12.1. The summed E-state index contributed by atoms with van der Waals surface area (Å²) in [5.74, 6) is -1.94. The van der Waals surface area contributed by atoms with Crippen molar-refractivity contribution in [3.63, 3.8) is 0 Å². The fourth-order valence-electron chi connectivity index (χ4n) is 1.87. The molecule has 1 N–H and O–H groups in total. The fourth-order valence-corrected chi connectivity index (χ4v) is 1.87. The third kappa shape index (κ3) is 3.06. The topological polar surface area (TPSA) is 52.9 Å². The van der Waals surface area contributed by atoms with Gasteiger partial charge < -0.3 is 5.32 Å². The first-order valence-corrected chi connectivity index (χ1v) is 6.20. The van der Waals surface area contributed by atoms with Gasteiger partial charge in [0.25, 0.3) is 5.91 Å². The van der Waals surface area contributed by atoms with E-state index in [1.54, 1.807) is 19.1 Å². The number of nitrogens with one attached hydrogen (secondary N) is 1. The van der Waals surface area contributed by atoms with Crippen molar-refractivity contribution in [1.82, 2.24) is 0 Å². The van der Waals surface area contributed by atoms with Gasteiger partial charge in [0, 0.05) is 11.3 Å². The summed E-state index contributed by atoms with van der Waals surface area (Å²) in [7, 11) is 0. The molecule has 0 heterocycles. The lowest BCUT2D eigenvalue weighted by Gasteiger charge is -2.10. The van der Waals surface area contributed by atoms with E-state index in [0.29, 0.717) is 5.56 Å². The van der Waals surface area contributed by atoms with Crippen LogP contribution in [0, 0.1) is 36.8 Å². The summed E-state index contributed by atoms with van der Waals surface area (Å²) < 4.78 is 27.4. The Balaban J connectivity index is 2.36. The quantitative estimate of drug-likeness (QED) is 0.915. The second kappa shape index (κ2) is 5.71. The highest BCUT2D eigenvalue weighted by molar-refractivity contribution is 6.05. The van der Waals surface area contributed by atoms with E-state index in [4.69, 9.17) is 5.26 Å². The maximum Gasteiger partial charge on any atom is 0.258 e. The van der Waals surface area contributed by atoms with E-state index in [1.807, 2.05) is 0 Å². The van der Waals surface area contributed by atoms with E-state index >= 15 is 0 Å². The summed E-state index contributed by atoms with van der Waals surface area (Å²) in [6.07, 6.45) is 0. The van der Waals surface area contributed by atoms with Gasteiger partial charge in [-0.15, -0.1) is 0 Å². The summed E-state index contributed by atoms with van der Waals surface area (Å²) in [5, 5.41) is 11.2. The standard InChI is InChI=1S/C16H12F2N2O/c1-9-3-4-12(14(18)5-9)16(21)20-15-7-11(8-19)6-13(17)10(15)2/h3-7H,1-2H3,(H,20,21). The van der Waals surface area contributed by atoms with Crippen molar-refractivity contribution in [3.05, 3.63) is 64.2 Å². The van der Waals surface area contributed by atoms with Crippen LogP contribution in [-0.4, -0.2) is 5.91 Å². The van der Waals surface area contributed by atoms with Gasteiger partial charge in [0.2, 0.25) is 0 Å². The lowest BCUT2D eigenvalue weighted by Crippen LogP contribution is -2.15. The first kappa shape index (κ1) is 14.7. The molecule has 2 rings (SSSR count). The normalized spacial score (nSPS) is 10.0. The second-order valence-electron chi connectivity index (χ2n) is 4.68. The van der Waals surface area contributed by atoms with Gasteiger partial charge in [-0.2, -0.15) is 5.26 Å². The molecule has 0 fully saturated rings. The van der Waals surface area contributed by atoms with Gasteiger partial charge in [-0.25, -0.2) is 8.78 Å². The van der Waals surface area contributed by atoms with Gasteiger partial charge in [0.1, 0.15) is 11.6 Å². The third-order valence-electron chi connectivity index (χ3n) is 3.09. The minimum absolute atomic E-state index is 0.0813. The minimum Gasteiger partial charge on any atom is -0.322 e. The molecule has 106 valence electrons. The molecule has 0 bridgehead atoms. The number of carbonyl (C=O) groups excluding carboxylic acids is 1. The zero-order valence-electron chi connectivity index (χ0n) is 11.5. The largest absolute Gasteiger partial charge is 0.322 e. The molecule has 2 aromatic carbocycles. The van der Waals surface area contributed by atoms with Gasteiger partial charge >= 0.3 is 0 Å². The number of nitrogens with zero attached hydrogens (tertiary/aromatic N) is 1. The molecule has 0 unspecified atom stereocenters. The number of aryl methyl sites for hydroxylation is 1. The number of anilines is 1. The molecule has 0 aliphatic carbocycles. The molecule has 0 saturated heterocycles. The summed E-state index contributed by atoms with van der Waals surface area (Å²) in [6, 6.07) is 8.45. The predicted molar refractivity (Wildman–Crippen MR) is 74.9 cm³/mol. The van der Waals surface area contributed by atoms with Crippen LogP contribution < -0.4 is 5.32 Å². The molecule has 1 amide bonds. The van der Waals surface area contributed by atoms with Crippen molar-refractivity contribution in [1.29, 1.82) is 5.26 Å². The zero-order chi connectivity index (χ0) is 15.6. The first-order valence-electron chi connectivity index (χ1n) is 6.20. The predicted octanol–water partition coefficient (Wildman–Crippen LogP) is 3.71. The lowest BCUT2D eigenvalue weighted by atomic mass is 10.1. The molecule has 5 heteroatoms. The average molecular weight is 286 g/mol. The molecule has 0 atom stereocenters. The van der Waals surface area contributed by atoms with Gasteiger partial charge in [-0.05, 0) is 43.7 Å². The highest BCUT2D eigenvalue weighted by Crippen LogP contribution is 2.21. The van der Waals surface area contributed by atoms with E-state index in [1.165, 1.54) is 25.1 Å². The number of amides is 1. The van der Waals surface area contributed by atoms with Crippen LogP contribution in [0.2, 0.25) is 0 Å². The van der Waals surface area contributed by atoms with Crippen LogP contribution >= 0.6 is 0 Å². The summed E-state index contributed by atoms with van der Waals surface area (Å²) >= 11 is 0. The van der Waals surface area contributed by atoms with Crippen molar-refractivity contribution in [2.24, 2.45) is 0 Å². The summed E-state index contributed by atoms with van der Waals surface area (Å²) in [5.41, 5.74) is 0.977. The number of nitriles is 1. The Morgan fingerprint density at radius 3 is 2.48 bits per heavy atom.